The second kappa shape index (κ2) is 4.38. The predicted octanol–water partition coefficient (Wildman–Crippen LogP) is 0.887. The second-order valence-corrected chi connectivity index (χ2v) is 7.46. The van der Waals surface area contributed by atoms with Crippen LogP contribution in [0.5, 0.6) is 0 Å². The molecule has 1 unspecified atom stereocenters. The molecule has 0 bridgehead atoms. The molecule has 1 aliphatic heterocycles. The van der Waals surface area contributed by atoms with Crippen LogP contribution < -0.4 is 4.90 Å². The summed E-state index contributed by atoms with van der Waals surface area (Å²) >= 11 is 1.32. The lowest BCUT2D eigenvalue weighted by Gasteiger charge is -2.32. The van der Waals surface area contributed by atoms with E-state index in [1.165, 1.54) is 11.3 Å². The van der Waals surface area contributed by atoms with Gasteiger partial charge in [-0.2, -0.15) is 0 Å². The normalized spacial score (nSPS) is 23.6. The first kappa shape index (κ1) is 12.5. The van der Waals surface area contributed by atoms with E-state index in [0.29, 0.717) is 17.1 Å². The molecule has 0 spiro atoms. The zero-order valence-corrected chi connectivity index (χ0v) is 11.3. The van der Waals surface area contributed by atoms with Crippen LogP contribution in [-0.4, -0.2) is 43.8 Å². The standard InChI is InChI=1S/C10H14N2O3S2/c1-7-6-17(14,15)4-3-12(7)10-11-8(2)9(5-13)16-10/h5,7H,3-4,6H2,1-2H3. The lowest BCUT2D eigenvalue weighted by atomic mass is 10.3. The van der Waals surface area contributed by atoms with E-state index >= 15 is 0 Å². The predicted molar refractivity (Wildman–Crippen MR) is 67.7 cm³/mol. The average molecular weight is 274 g/mol. The van der Waals surface area contributed by atoms with E-state index in [9.17, 15) is 13.2 Å². The minimum absolute atomic E-state index is 0.0844. The largest absolute Gasteiger partial charge is 0.343 e. The fraction of sp³-hybridized carbons (Fsp3) is 0.600. The summed E-state index contributed by atoms with van der Waals surface area (Å²) in [4.78, 5) is 17.7. The Labute approximate surface area is 104 Å². The van der Waals surface area contributed by atoms with Crippen LogP contribution in [0.1, 0.15) is 22.3 Å². The average Bonchev–Trinajstić information content (AvgIpc) is 2.58. The van der Waals surface area contributed by atoms with E-state index in [1.807, 2.05) is 11.8 Å². The molecule has 1 aromatic rings. The quantitative estimate of drug-likeness (QED) is 0.749. The summed E-state index contributed by atoms with van der Waals surface area (Å²) < 4.78 is 22.9. The maximum absolute atomic E-state index is 11.5. The Balaban J connectivity index is 2.26. The lowest BCUT2D eigenvalue weighted by Crippen LogP contribution is -2.46. The number of nitrogens with zero attached hydrogens (tertiary/aromatic N) is 2. The molecule has 7 heteroatoms. The summed E-state index contributed by atoms with van der Waals surface area (Å²) in [5.74, 6) is 0.314. The van der Waals surface area contributed by atoms with Crippen LogP contribution in [0, 0.1) is 6.92 Å². The molecule has 1 fully saturated rings. The molecule has 0 saturated carbocycles. The van der Waals surface area contributed by atoms with Crippen molar-refractivity contribution in [3.8, 4) is 0 Å². The van der Waals surface area contributed by atoms with Gasteiger partial charge in [0.05, 0.1) is 22.1 Å². The minimum atomic E-state index is -2.92. The third kappa shape index (κ3) is 2.50. The van der Waals surface area contributed by atoms with E-state index in [-0.39, 0.29) is 17.5 Å². The Bertz CT molecular complexity index is 536. The van der Waals surface area contributed by atoms with Gasteiger partial charge in [0, 0.05) is 12.6 Å². The number of anilines is 1. The number of aldehydes is 1. The Kier molecular flexibility index (Phi) is 3.22. The molecule has 1 saturated heterocycles. The van der Waals surface area contributed by atoms with Crippen LogP contribution >= 0.6 is 11.3 Å². The first-order valence-electron chi connectivity index (χ1n) is 5.32. The highest BCUT2D eigenvalue weighted by Crippen LogP contribution is 2.28. The van der Waals surface area contributed by atoms with Gasteiger partial charge in [0.15, 0.2) is 21.3 Å². The number of hydrogen-bond donors (Lipinski definition) is 0. The third-order valence-corrected chi connectivity index (χ3v) is 5.76. The number of thiazole rings is 1. The summed E-state index contributed by atoms with van der Waals surface area (Å²) in [5, 5.41) is 0.743. The maximum atomic E-state index is 11.5. The molecule has 2 heterocycles. The van der Waals surface area contributed by atoms with Crippen LogP contribution in [0.3, 0.4) is 0 Å². The van der Waals surface area contributed by atoms with Crippen molar-refractivity contribution in [2.75, 3.05) is 23.0 Å². The minimum Gasteiger partial charge on any atom is -0.343 e. The topological polar surface area (TPSA) is 67.3 Å². The molecule has 17 heavy (non-hydrogen) atoms. The van der Waals surface area contributed by atoms with Gasteiger partial charge < -0.3 is 4.90 Å². The van der Waals surface area contributed by atoms with Crippen LogP contribution in [-0.2, 0) is 9.84 Å². The molecular formula is C10H14N2O3S2. The smallest absolute Gasteiger partial charge is 0.186 e. The first-order valence-corrected chi connectivity index (χ1v) is 7.96. The summed E-state index contributed by atoms with van der Waals surface area (Å²) in [6.45, 7) is 4.11. The van der Waals surface area contributed by atoms with Gasteiger partial charge in [-0.05, 0) is 13.8 Å². The van der Waals surface area contributed by atoms with Crippen molar-refractivity contribution in [3.05, 3.63) is 10.6 Å². The Morgan fingerprint density at radius 1 is 1.53 bits per heavy atom. The molecule has 0 aromatic carbocycles. The molecule has 2 rings (SSSR count). The summed E-state index contributed by atoms with van der Waals surface area (Å²) in [6, 6.07) is -0.0844. The zero-order valence-electron chi connectivity index (χ0n) is 9.71. The highest BCUT2D eigenvalue weighted by Gasteiger charge is 2.30. The number of aryl methyl sites for hydroxylation is 1. The molecule has 0 radical (unpaired) electrons. The van der Waals surface area contributed by atoms with Crippen LogP contribution in [0.25, 0.3) is 0 Å². The number of hydrogen-bond acceptors (Lipinski definition) is 6. The van der Waals surface area contributed by atoms with E-state index in [1.54, 1.807) is 6.92 Å². The molecule has 0 aliphatic carbocycles. The number of rotatable bonds is 2. The highest BCUT2D eigenvalue weighted by molar-refractivity contribution is 7.91. The van der Waals surface area contributed by atoms with E-state index in [4.69, 9.17) is 0 Å². The number of sulfone groups is 1. The van der Waals surface area contributed by atoms with E-state index in [2.05, 4.69) is 4.98 Å². The van der Waals surface area contributed by atoms with E-state index in [0.717, 1.165) is 11.4 Å². The highest BCUT2D eigenvalue weighted by atomic mass is 32.2. The molecule has 5 nitrogen and oxygen atoms in total. The van der Waals surface area contributed by atoms with Crippen LogP contribution in [0.15, 0.2) is 0 Å². The monoisotopic (exact) mass is 274 g/mol. The number of carbonyl (C=O) groups is 1. The lowest BCUT2D eigenvalue weighted by molar-refractivity contribution is 0.112. The fourth-order valence-electron chi connectivity index (χ4n) is 1.91. The molecule has 1 atom stereocenters. The van der Waals surface area contributed by atoms with E-state index < -0.39 is 9.84 Å². The third-order valence-electron chi connectivity index (χ3n) is 2.84. The zero-order chi connectivity index (χ0) is 12.6. The van der Waals surface area contributed by atoms with Gasteiger partial charge in [0.1, 0.15) is 0 Å². The van der Waals surface area contributed by atoms with Gasteiger partial charge in [-0.25, -0.2) is 13.4 Å². The SMILES string of the molecule is Cc1nc(N2CCS(=O)(=O)CC2C)sc1C=O. The first-order chi connectivity index (χ1) is 7.93. The van der Waals surface area contributed by atoms with Gasteiger partial charge in [-0.1, -0.05) is 11.3 Å². The van der Waals surface area contributed by atoms with Gasteiger partial charge in [0.25, 0.3) is 0 Å². The van der Waals surface area contributed by atoms with Crippen molar-refractivity contribution in [2.24, 2.45) is 0 Å². The molecule has 94 valence electrons. The molecular weight excluding hydrogens is 260 g/mol. The van der Waals surface area contributed by atoms with Gasteiger partial charge in [-0.15, -0.1) is 0 Å². The number of carbonyl (C=O) groups excluding carboxylic acids is 1. The van der Waals surface area contributed by atoms with Gasteiger partial charge >= 0.3 is 0 Å². The molecule has 0 N–H and O–H groups in total. The van der Waals surface area contributed by atoms with Crippen molar-refractivity contribution < 1.29 is 13.2 Å². The number of aromatic nitrogens is 1. The van der Waals surface area contributed by atoms with Crippen molar-refractivity contribution in [3.63, 3.8) is 0 Å². The maximum Gasteiger partial charge on any atom is 0.186 e. The van der Waals surface area contributed by atoms with Gasteiger partial charge in [-0.3, -0.25) is 4.79 Å². The van der Waals surface area contributed by atoms with Crippen molar-refractivity contribution in [1.82, 2.24) is 4.98 Å². The van der Waals surface area contributed by atoms with Crippen molar-refractivity contribution in [1.29, 1.82) is 0 Å². The fourth-order valence-corrected chi connectivity index (χ4v) is 4.47. The Hall–Kier alpha value is -0.950. The van der Waals surface area contributed by atoms with Gasteiger partial charge in [0.2, 0.25) is 0 Å². The molecule has 1 aliphatic rings. The van der Waals surface area contributed by atoms with Crippen molar-refractivity contribution in [2.45, 2.75) is 19.9 Å². The summed E-state index contributed by atoms with van der Waals surface area (Å²) in [6.07, 6.45) is 0.794. The molecule has 0 amide bonds. The summed E-state index contributed by atoms with van der Waals surface area (Å²) in [5.41, 5.74) is 0.709. The molecule has 1 aromatic heterocycles. The van der Waals surface area contributed by atoms with Crippen LogP contribution in [0.4, 0.5) is 5.13 Å². The Morgan fingerprint density at radius 2 is 2.24 bits per heavy atom. The second-order valence-electron chi connectivity index (χ2n) is 4.22. The Morgan fingerprint density at radius 3 is 2.76 bits per heavy atom. The van der Waals surface area contributed by atoms with Crippen LogP contribution in [0.2, 0.25) is 0 Å². The summed E-state index contributed by atoms with van der Waals surface area (Å²) in [7, 11) is -2.92. The van der Waals surface area contributed by atoms with Crippen molar-refractivity contribution >= 4 is 32.6 Å².